The van der Waals surface area contributed by atoms with E-state index in [1.54, 1.807) is 0 Å². The number of benzene rings is 1. The van der Waals surface area contributed by atoms with E-state index in [0.29, 0.717) is 0 Å². The van der Waals surface area contributed by atoms with Crippen LogP contribution in [0.1, 0.15) is 36.5 Å². The molecule has 0 amide bonds. The van der Waals surface area contributed by atoms with Gasteiger partial charge in [-0.3, -0.25) is 0 Å². The first-order chi connectivity index (χ1) is 12.0. The number of rotatable bonds is 6. The maximum Gasteiger partial charge on any atom is 0.147 e. The van der Waals surface area contributed by atoms with Crippen molar-refractivity contribution in [1.29, 1.82) is 0 Å². The van der Waals surface area contributed by atoms with Crippen LogP contribution in [0.4, 0.5) is 0 Å². The summed E-state index contributed by atoms with van der Waals surface area (Å²) in [4.78, 5) is 4.31. The van der Waals surface area contributed by atoms with Crippen molar-refractivity contribution in [2.24, 2.45) is 0 Å². The number of aliphatic hydroxyl groups excluding tert-OH is 1. The number of nitrogens with zero attached hydrogens (tertiary/aromatic N) is 3. The molecule has 2 N–H and O–H groups in total. The second kappa shape index (κ2) is 7.97. The van der Waals surface area contributed by atoms with Gasteiger partial charge in [-0.1, -0.05) is 12.1 Å². The molecule has 2 aromatic rings. The van der Waals surface area contributed by atoms with E-state index < -0.39 is 6.10 Å². The summed E-state index contributed by atoms with van der Waals surface area (Å²) in [5.41, 5.74) is 1.16. The maximum atomic E-state index is 10.7. The normalized spacial score (nSPS) is 23.6. The zero-order chi connectivity index (χ0) is 17.8. The first-order valence-corrected chi connectivity index (χ1v) is 9.06. The van der Waals surface area contributed by atoms with Crippen LogP contribution in [0.15, 0.2) is 24.3 Å². The molecule has 6 heteroatoms. The highest BCUT2D eigenvalue weighted by atomic mass is 16.5. The van der Waals surface area contributed by atoms with Gasteiger partial charge < -0.3 is 15.2 Å². The molecule has 3 rings (SSSR count). The van der Waals surface area contributed by atoms with Crippen molar-refractivity contribution in [3.8, 4) is 5.75 Å². The van der Waals surface area contributed by atoms with E-state index in [1.807, 2.05) is 49.7 Å². The lowest BCUT2D eigenvalue weighted by Crippen LogP contribution is -2.51. The van der Waals surface area contributed by atoms with Gasteiger partial charge in [0.15, 0.2) is 0 Å². The highest BCUT2D eigenvalue weighted by molar-refractivity contribution is 5.27. The quantitative estimate of drug-likeness (QED) is 0.840. The second-order valence-corrected chi connectivity index (χ2v) is 6.88. The lowest BCUT2D eigenvalue weighted by atomic mass is 9.90. The van der Waals surface area contributed by atoms with E-state index in [-0.39, 0.29) is 12.1 Å². The molecule has 0 spiro atoms. The van der Waals surface area contributed by atoms with Crippen molar-refractivity contribution in [2.75, 3.05) is 6.54 Å². The Morgan fingerprint density at radius 3 is 2.84 bits per heavy atom. The number of ether oxygens (including phenoxy) is 1. The summed E-state index contributed by atoms with van der Waals surface area (Å²) in [5.74, 6) is 2.55. The zero-order valence-corrected chi connectivity index (χ0v) is 15.3. The number of aromatic nitrogens is 3. The molecular weight excluding hydrogens is 316 g/mol. The van der Waals surface area contributed by atoms with Gasteiger partial charge in [0.25, 0.3) is 0 Å². The Hall–Kier alpha value is -1.92. The van der Waals surface area contributed by atoms with Crippen LogP contribution in [-0.4, -0.2) is 44.7 Å². The van der Waals surface area contributed by atoms with Crippen molar-refractivity contribution in [3.63, 3.8) is 0 Å². The third-order valence-electron chi connectivity index (χ3n) is 4.77. The summed E-state index contributed by atoms with van der Waals surface area (Å²) in [6.07, 6.45) is 2.22. The van der Waals surface area contributed by atoms with Gasteiger partial charge >= 0.3 is 0 Å². The Morgan fingerprint density at radius 1 is 1.28 bits per heavy atom. The van der Waals surface area contributed by atoms with E-state index >= 15 is 0 Å². The average Bonchev–Trinajstić information content (AvgIpc) is 2.89. The van der Waals surface area contributed by atoms with Crippen LogP contribution >= 0.6 is 0 Å². The molecule has 1 aromatic carbocycles. The van der Waals surface area contributed by atoms with Crippen LogP contribution in [0.25, 0.3) is 0 Å². The summed E-state index contributed by atoms with van der Waals surface area (Å²) in [6, 6.07) is 8.04. The van der Waals surface area contributed by atoms with Gasteiger partial charge in [0, 0.05) is 12.6 Å². The molecule has 6 nitrogen and oxygen atoms in total. The SMILES string of the molecule is Cc1cccc(O[C@@H]2CCC[C@H](NCCn3nc(C)nc3C)[C@H]2O)c1. The highest BCUT2D eigenvalue weighted by Gasteiger charge is 2.33. The van der Waals surface area contributed by atoms with Crippen LogP contribution < -0.4 is 10.1 Å². The first kappa shape index (κ1) is 17.9. The van der Waals surface area contributed by atoms with Crippen molar-refractivity contribution in [3.05, 3.63) is 41.5 Å². The van der Waals surface area contributed by atoms with E-state index in [2.05, 4.69) is 15.4 Å². The lowest BCUT2D eigenvalue weighted by molar-refractivity contribution is -0.0154. The van der Waals surface area contributed by atoms with E-state index in [0.717, 1.165) is 55.3 Å². The Kier molecular flexibility index (Phi) is 5.71. The van der Waals surface area contributed by atoms with Crippen LogP contribution in [0, 0.1) is 20.8 Å². The number of hydrogen-bond acceptors (Lipinski definition) is 5. The maximum absolute atomic E-state index is 10.7. The molecule has 1 aliphatic carbocycles. The Labute approximate surface area is 149 Å². The average molecular weight is 344 g/mol. The van der Waals surface area contributed by atoms with Gasteiger partial charge in [-0.25, -0.2) is 9.67 Å². The Bertz CT molecular complexity index is 700. The summed E-state index contributed by atoms with van der Waals surface area (Å²) in [5, 5.41) is 18.5. The van der Waals surface area contributed by atoms with Gasteiger partial charge in [-0.2, -0.15) is 5.10 Å². The molecule has 1 aromatic heterocycles. The third kappa shape index (κ3) is 4.58. The molecule has 1 heterocycles. The molecule has 136 valence electrons. The second-order valence-electron chi connectivity index (χ2n) is 6.88. The van der Waals surface area contributed by atoms with Gasteiger partial charge in [-0.05, 0) is 57.7 Å². The number of nitrogens with one attached hydrogen (secondary N) is 1. The van der Waals surface area contributed by atoms with E-state index in [1.165, 1.54) is 0 Å². The molecule has 0 unspecified atom stereocenters. The molecular formula is C19H28N4O2. The van der Waals surface area contributed by atoms with Crippen LogP contribution in [0.2, 0.25) is 0 Å². The smallest absolute Gasteiger partial charge is 0.147 e. The molecule has 0 bridgehead atoms. The highest BCUT2D eigenvalue weighted by Crippen LogP contribution is 2.25. The minimum atomic E-state index is -0.507. The predicted molar refractivity (Wildman–Crippen MR) is 96.7 cm³/mol. The largest absolute Gasteiger partial charge is 0.488 e. The number of aryl methyl sites for hydroxylation is 3. The summed E-state index contributed by atoms with van der Waals surface area (Å²) in [6.45, 7) is 7.40. The fourth-order valence-corrected chi connectivity index (χ4v) is 3.48. The van der Waals surface area contributed by atoms with Crippen molar-refractivity contribution >= 4 is 0 Å². The Balaban J connectivity index is 1.53. The fraction of sp³-hybridized carbons (Fsp3) is 0.579. The van der Waals surface area contributed by atoms with E-state index in [9.17, 15) is 5.11 Å². The lowest BCUT2D eigenvalue weighted by Gasteiger charge is -2.35. The Morgan fingerprint density at radius 2 is 2.12 bits per heavy atom. The zero-order valence-electron chi connectivity index (χ0n) is 15.3. The minimum Gasteiger partial charge on any atom is -0.488 e. The monoisotopic (exact) mass is 344 g/mol. The molecule has 0 saturated heterocycles. The molecule has 1 saturated carbocycles. The van der Waals surface area contributed by atoms with Gasteiger partial charge in [0.2, 0.25) is 0 Å². The van der Waals surface area contributed by atoms with Crippen LogP contribution in [0.5, 0.6) is 5.75 Å². The minimum absolute atomic E-state index is 0.0495. The molecule has 0 aliphatic heterocycles. The molecule has 1 fully saturated rings. The van der Waals surface area contributed by atoms with Crippen LogP contribution in [0.3, 0.4) is 0 Å². The van der Waals surface area contributed by atoms with E-state index in [4.69, 9.17) is 4.74 Å². The third-order valence-corrected chi connectivity index (χ3v) is 4.77. The predicted octanol–water partition coefficient (Wildman–Crippen LogP) is 2.15. The summed E-state index contributed by atoms with van der Waals surface area (Å²) >= 11 is 0. The number of hydrogen-bond donors (Lipinski definition) is 2. The first-order valence-electron chi connectivity index (χ1n) is 9.06. The van der Waals surface area contributed by atoms with Gasteiger partial charge in [0.05, 0.1) is 6.54 Å². The molecule has 1 aliphatic rings. The summed E-state index contributed by atoms with van der Waals surface area (Å²) in [7, 11) is 0. The molecule has 0 radical (unpaired) electrons. The summed E-state index contributed by atoms with van der Waals surface area (Å²) < 4.78 is 7.95. The molecule has 3 atom stereocenters. The van der Waals surface area contributed by atoms with Crippen molar-refractivity contribution < 1.29 is 9.84 Å². The van der Waals surface area contributed by atoms with Crippen LogP contribution in [-0.2, 0) is 6.54 Å². The molecule has 25 heavy (non-hydrogen) atoms. The van der Waals surface area contributed by atoms with Gasteiger partial charge in [-0.15, -0.1) is 0 Å². The number of aliphatic hydroxyl groups is 1. The fourth-order valence-electron chi connectivity index (χ4n) is 3.48. The van der Waals surface area contributed by atoms with Crippen molar-refractivity contribution in [2.45, 2.75) is 64.8 Å². The standard InChI is InChI=1S/C19H28N4O2/c1-13-6-4-7-16(12-13)25-18-9-5-8-17(19(18)24)20-10-11-23-15(3)21-14(2)22-23/h4,6-7,12,17-20,24H,5,8-11H2,1-3H3/t17-,18+,19+/m0/s1. The topological polar surface area (TPSA) is 72.2 Å². The van der Waals surface area contributed by atoms with Gasteiger partial charge in [0.1, 0.15) is 29.6 Å². The van der Waals surface area contributed by atoms with Crippen molar-refractivity contribution in [1.82, 2.24) is 20.1 Å².